The first-order chi connectivity index (χ1) is 9.58. The summed E-state index contributed by atoms with van der Waals surface area (Å²) in [6, 6.07) is 7.11. The molecule has 1 nitrogen and oxygen atoms in total. The molecule has 1 fully saturated rings. The van der Waals surface area contributed by atoms with Crippen LogP contribution in [0.3, 0.4) is 0 Å². The second-order valence-corrected chi connectivity index (χ2v) is 6.91. The molecule has 0 amide bonds. The maximum Gasteiger partial charge on any atom is 0.0233 e. The van der Waals surface area contributed by atoms with Crippen molar-refractivity contribution in [1.82, 2.24) is 4.90 Å². The monoisotopic (exact) mass is 273 g/mol. The third-order valence-corrected chi connectivity index (χ3v) is 4.64. The summed E-state index contributed by atoms with van der Waals surface area (Å²) in [7, 11) is 0. The van der Waals surface area contributed by atoms with E-state index in [1.807, 2.05) is 0 Å². The summed E-state index contributed by atoms with van der Waals surface area (Å²) in [5.41, 5.74) is 4.40. The fourth-order valence-electron chi connectivity index (χ4n) is 3.42. The van der Waals surface area contributed by atoms with Crippen molar-refractivity contribution >= 4 is 0 Å². The highest BCUT2D eigenvalue weighted by atomic mass is 15.1. The van der Waals surface area contributed by atoms with Crippen LogP contribution in [0.15, 0.2) is 18.2 Å². The summed E-state index contributed by atoms with van der Waals surface area (Å²) in [6.07, 6.45) is 5.57. The minimum atomic E-state index is 0.629. The molecule has 1 heteroatoms. The van der Waals surface area contributed by atoms with Gasteiger partial charge in [0.05, 0.1) is 0 Å². The van der Waals surface area contributed by atoms with Crippen LogP contribution >= 0.6 is 0 Å². The quantitative estimate of drug-likeness (QED) is 0.719. The minimum Gasteiger partial charge on any atom is -0.299 e. The lowest BCUT2D eigenvalue weighted by Gasteiger charge is -2.32. The molecule has 20 heavy (non-hydrogen) atoms. The molecule has 112 valence electrons. The van der Waals surface area contributed by atoms with Gasteiger partial charge in [-0.3, -0.25) is 4.90 Å². The molecule has 1 aliphatic heterocycles. The van der Waals surface area contributed by atoms with Crippen molar-refractivity contribution < 1.29 is 0 Å². The minimum absolute atomic E-state index is 0.629. The Morgan fingerprint density at radius 2 is 1.85 bits per heavy atom. The first kappa shape index (κ1) is 15.6. The van der Waals surface area contributed by atoms with E-state index in [4.69, 9.17) is 0 Å². The number of rotatable bonds is 5. The van der Waals surface area contributed by atoms with Crippen LogP contribution in [-0.4, -0.2) is 18.0 Å². The molecule has 0 spiro atoms. The van der Waals surface area contributed by atoms with E-state index in [0.717, 1.165) is 12.5 Å². The zero-order valence-electron chi connectivity index (χ0n) is 13.8. The van der Waals surface area contributed by atoms with Crippen LogP contribution in [0.25, 0.3) is 0 Å². The van der Waals surface area contributed by atoms with Crippen LogP contribution in [0.4, 0.5) is 0 Å². The van der Waals surface area contributed by atoms with E-state index < -0.39 is 0 Å². The Morgan fingerprint density at radius 1 is 1.15 bits per heavy atom. The topological polar surface area (TPSA) is 3.24 Å². The fraction of sp³-hybridized carbons (Fsp3) is 0.684. The van der Waals surface area contributed by atoms with Crippen LogP contribution in [0.5, 0.6) is 0 Å². The van der Waals surface area contributed by atoms with Gasteiger partial charge in [-0.05, 0) is 55.8 Å². The van der Waals surface area contributed by atoms with Crippen molar-refractivity contribution in [3.05, 3.63) is 34.9 Å². The van der Waals surface area contributed by atoms with Gasteiger partial charge < -0.3 is 0 Å². The van der Waals surface area contributed by atoms with Gasteiger partial charge in [0, 0.05) is 6.54 Å². The SMILES string of the molecule is CCCC1CCN(Cc2cc(C)cc(C(C)C)c2)CC1. The maximum absolute atomic E-state index is 2.64. The summed E-state index contributed by atoms with van der Waals surface area (Å²) in [4.78, 5) is 2.64. The molecule has 0 atom stereocenters. The van der Waals surface area contributed by atoms with Gasteiger partial charge in [0.25, 0.3) is 0 Å². The molecule has 0 radical (unpaired) electrons. The van der Waals surface area contributed by atoms with Crippen LogP contribution in [0.2, 0.25) is 0 Å². The van der Waals surface area contributed by atoms with E-state index >= 15 is 0 Å². The van der Waals surface area contributed by atoms with Crippen LogP contribution in [0.1, 0.15) is 69.1 Å². The average molecular weight is 273 g/mol. The smallest absolute Gasteiger partial charge is 0.0233 e. The van der Waals surface area contributed by atoms with Crippen molar-refractivity contribution in [2.75, 3.05) is 13.1 Å². The van der Waals surface area contributed by atoms with E-state index in [9.17, 15) is 0 Å². The Morgan fingerprint density at radius 3 is 2.45 bits per heavy atom. The highest BCUT2D eigenvalue weighted by molar-refractivity contribution is 5.31. The molecule has 0 N–H and O–H groups in total. The van der Waals surface area contributed by atoms with Gasteiger partial charge in [0.1, 0.15) is 0 Å². The van der Waals surface area contributed by atoms with E-state index in [1.54, 1.807) is 0 Å². The van der Waals surface area contributed by atoms with Crippen molar-refractivity contribution in [2.24, 2.45) is 5.92 Å². The molecule has 1 heterocycles. The lowest BCUT2D eigenvalue weighted by atomic mass is 9.92. The Balaban J connectivity index is 1.94. The molecule has 1 aromatic rings. The molecular weight excluding hydrogens is 242 g/mol. The third kappa shape index (κ3) is 4.34. The van der Waals surface area contributed by atoms with Crippen molar-refractivity contribution in [3.63, 3.8) is 0 Å². The number of benzene rings is 1. The van der Waals surface area contributed by atoms with Crippen LogP contribution in [-0.2, 0) is 6.54 Å². The molecular formula is C19H31N. The van der Waals surface area contributed by atoms with E-state index in [-0.39, 0.29) is 0 Å². The first-order valence-electron chi connectivity index (χ1n) is 8.41. The molecule has 0 unspecified atom stereocenters. The predicted molar refractivity (Wildman–Crippen MR) is 88.2 cm³/mol. The van der Waals surface area contributed by atoms with E-state index in [1.165, 1.54) is 55.5 Å². The van der Waals surface area contributed by atoms with Gasteiger partial charge in [0.15, 0.2) is 0 Å². The Bertz CT molecular complexity index is 414. The standard InChI is InChI=1S/C19H31N/c1-5-6-17-7-9-20(10-8-17)14-18-11-16(4)12-19(13-18)15(2)3/h11-13,15,17H,5-10,14H2,1-4H3. The number of aryl methyl sites for hydroxylation is 1. The second kappa shape index (κ2) is 7.26. The van der Waals surface area contributed by atoms with Gasteiger partial charge in [-0.25, -0.2) is 0 Å². The Hall–Kier alpha value is -0.820. The zero-order chi connectivity index (χ0) is 14.5. The van der Waals surface area contributed by atoms with Crippen molar-refractivity contribution in [3.8, 4) is 0 Å². The lowest BCUT2D eigenvalue weighted by Crippen LogP contribution is -2.33. The molecule has 2 rings (SSSR count). The van der Waals surface area contributed by atoms with Crippen LogP contribution < -0.4 is 0 Å². The average Bonchev–Trinajstić information content (AvgIpc) is 2.40. The second-order valence-electron chi connectivity index (χ2n) is 6.91. The Kier molecular flexibility index (Phi) is 5.65. The van der Waals surface area contributed by atoms with Crippen molar-refractivity contribution in [1.29, 1.82) is 0 Å². The summed E-state index contributed by atoms with van der Waals surface area (Å²) >= 11 is 0. The first-order valence-corrected chi connectivity index (χ1v) is 8.41. The van der Waals surface area contributed by atoms with Gasteiger partial charge in [-0.1, -0.05) is 57.4 Å². The number of likely N-dealkylation sites (tertiary alicyclic amines) is 1. The predicted octanol–water partition coefficient (Wildman–Crippen LogP) is 5.13. The van der Waals surface area contributed by atoms with Gasteiger partial charge >= 0.3 is 0 Å². The highest BCUT2D eigenvalue weighted by Crippen LogP contribution is 2.24. The summed E-state index contributed by atoms with van der Waals surface area (Å²) < 4.78 is 0. The molecule has 0 aliphatic carbocycles. The van der Waals surface area contributed by atoms with E-state index in [2.05, 4.69) is 50.8 Å². The number of hydrogen-bond donors (Lipinski definition) is 0. The van der Waals surface area contributed by atoms with Gasteiger partial charge in [-0.2, -0.15) is 0 Å². The third-order valence-electron chi connectivity index (χ3n) is 4.64. The number of hydrogen-bond acceptors (Lipinski definition) is 1. The summed E-state index contributed by atoms with van der Waals surface area (Å²) in [6.45, 7) is 12.8. The molecule has 1 saturated heterocycles. The number of piperidine rings is 1. The molecule has 0 aromatic heterocycles. The summed E-state index contributed by atoms with van der Waals surface area (Å²) in [5.74, 6) is 1.61. The Labute approximate surface area is 125 Å². The zero-order valence-corrected chi connectivity index (χ0v) is 13.8. The molecule has 0 bridgehead atoms. The van der Waals surface area contributed by atoms with Crippen LogP contribution in [0, 0.1) is 12.8 Å². The molecule has 0 saturated carbocycles. The largest absolute Gasteiger partial charge is 0.299 e. The lowest BCUT2D eigenvalue weighted by molar-refractivity contribution is 0.172. The van der Waals surface area contributed by atoms with E-state index in [0.29, 0.717) is 5.92 Å². The molecule has 1 aromatic carbocycles. The fourth-order valence-corrected chi connectivity index (χ4v) is 3.42. The van der Waals surface area contributed by atoms with Gasteiger partial charge in [0.2, 0.25) is 0 Å². The maximum atomic E-state index is 2.64. The molecule has 1 aliphatic rings. The summed E-state index contributed by atoms with van der Waals surface area (Å²) in [5, 5.41) is 0. The van der Waals surface area contributed by atoms with Crippen molar-refractivity contribution in [2.45, 2.75) is 65.8 Å². The number of nitrogens with zero attached hydrogens (tertiary/aromatic N) is 1. The normalized spacial score (nSPS) is 17.9. The van der Waals surface area contributed by atoms with Gasteiger partial charge in [-0.15, -0.1) is 0 Å². The highest BCUT2D eigenvalue weighted by Gasteiger charge is 2.18.